The molecule has 0 aromatic carbocycles. The minimum absolute atomic E-state index is 0.137. The fourth-order valence-corrected chi connectivity index (χ4v) is 1.60. The zero-order chi connectivity index (χ0) is 14.7. The molecule has 0 saturated carbocycles. The molecule has 0 aliphatic heterocycles. The Morgan fingerprint density at radius 1 is 1.30 bits per heavy atom. The van der Waals surface area contributed by atoms with Gasteiger partial charge in [-0.1, -0.05) is 0 Å². The largest absolute Gasteiger partial charge is 0.478 e. The first-order valence-electron chi connectivity index (χ1n) is 5.90. The van der Waals surface area contributed by atoms with Crippen LogP contribution in [0, 0.1) is 0 Å². The molecule has 0 fully saturated rings. The van der Waals surface area contributed by atoms with E-state index < -0.39 is 5.97 Å². The van der Waals surface area contributed by atoms with Crippen molar-refractivity contribution in [2.45, 2.75) is 6.54 Å². The van der Waals surface area contributed by atoms with Crippen LogP contribution in [0.4, 0.5) is 0 Å². The second-order valence-electron chi connectivity index (χ2n) is 4.44. The summed E-state index contributed by atoms with van der Waals surface area (Å²) in [6.45, 7) is 0.376. The molecule has 2 aromatic rings. The Kier molecular flexibility index (Phi) is 3.79. The molecule has 0 aliphatic rings. The molecule has 0 saturated heterocycles. The van der Waals surface area contributed by atoms with Gasteiger partial charge in [-0.3, -0.25) is 14.5 Å². The van der Waals surface area contributed by atoms with Gasteiger partial charge in [0.25, 0.3) is 5.91 Å². The van der Waals surface area contributed by atoms with Crippen LogP contribution in [-0.4, -0.2) is 50.7 Å². The number of carboxylic acid groups (broad SMARTS) is 1. The van der Waals surface area contributed by atoms with Gasteiger partial charge in [0, 0.05) is 26.5 Å². The summed E-state index contributed by atoms with van der Waals surface area (Å²) in [4.78, 5) is 27.9. The van der Waals surface area contributed by atoms with E-state index in [1.807, 2.05) is 0 Å². The lowest BCUT2D eigenvalue weighted by molar-refractivity contribution is 0.0696. The molecule has 0 unspecified atom stereocenters. The van der Waals surface area contributed by atoms with Crippen molar-refractivity contribution in [2.75, 3.05) is 14.1 Å². The molecule has 1 N–H and O–H groups in total. The maximum absolute atomic E-state index is 11.7. The number of nitrogens with zero attached hydrogens (tertiary/aromatic N) is 4. The highest BCUT2D eigenvalue weighted by Crippen LogP contribution is 2.04. The quantitative estimate of drug-likeness (QED) is 0.887. The standard InChI is InChI=1S/C13H14N4O3/c1-16(2)12(18)11-5-6-17(15-11)8-10-4-3-9(7-14-10)13(19)20/h3-7H,8H2,1-2H3,(H,19,20). The summed E-state index contributed by atoms with van der Waals surface area (Å²) in [5.41, 5.74) is 1.16. The van der Waals surface area contributed by atoms with E-state index in [1.54, 1.807) is 37.1 Å². The van der Waals surface area contributed by atoms with Crippen molar-refractivity contribution in [3.63, 3.8) is 0 Å². The average molecular weight is 274 g/mol. The van der Waals surface area contributed by atoms with Gasteiger partial charge in [-0.25, -0.2) is 4.79 Å². The van der Waals surface area contributed by atoms with E-state index in [-0.39, 0.29) is 11.5 Å². The van der Waals surface area contributed by atoms with Crippen molar-refractivity contribution < 1.29 is 14.7 Å². The Bertz CT molecular complexity index is 631. The monoisotopic (exact) mass is 274 g/mol. The highest BCUT2D eigenvalue weighted by Gasteiger charge is 2.11. The third-order valence-corrected chi connectivity index (χ3v) is 2.66. The number of carbonyl (C=O) groups is 2. The van der Waals surface area contributed by atoms with E-state index in [0.717, 1.165) is 0 Å². The summed E-state index contributed by atoms with van der Waals surface area (Å²) in [6, 6.07) is 4.74. The molecular weight excluding hydrogens is 260 g/mol. The maximum Gasteiger partial charge on any atom is 0.337 e. The van der Waals surface area contributed by atoms with E-state index in [0.29, 0.717) is 17.9 Å². The summed E-state index contributed by atoms with van der Waals surface area (Å²) in [6.07, 6.45) is 2.98. The summed E-state index contributed by atoms with van der Waals surface area (Å²) in [7, 11) is 3.32. The van der Waals surface area contributed by atoms with Crippen LogP contribution in [0.25, 0.3) is 0 Å². The summed E-state index contributed by atoms with van der Waals surface area (Å²) in [5, 5.41) is 12.9. The minimum Gasteiger partial charge on any atom is -0.478 e. The van der Waals surface area contributed by atoms with Gasteiger partial charge in [0.2, 0.25) is 0 Å². The van der Waals surface area contributed by atoms with Gasteiger partial charge in [-0.2, -0.15) is 5.10 Å². The van der Waals surface area contributed by atoms with Gasteiger partial charge in [-0.15, -0.1) is 0 Å². The Hall–Kier alpha value is -2.70. The second-order valence-corrected chi connectivity index (χ2v) is 4.44. The van der Waals surface area contributed by atoms with Gasteiger partial charge in [0.15, 0.2) is 0 Å². The summed E-state index contributed by atoms with van der Waals surface area (Å²) in [5.74, 6) is -1.18. The zero-order valence-electron chi connectivity index (χ0n) is 11.1. The van der Waals surface area contributed by atoms with Crippen molar-refractivity contribution in [2.24, 2.45) is 0 Å². The third-order valence-electron chi connectivity index (χ3n) is 2.66. The highest BCUT2D eigenvalue weighted by molar-refractivity contribution is 5.91. The molecule has 1 amide bonds. The highest BCUT2D eigenvalue weighted by atomic mass is 16.4. The van der Waals surface area contributed by atoms with Crippen LogP contribution < -0.4 is 0 Å². The number of hydrogen-bond donors (Lipinski definition) is 1. The average Bonchev–Trinajstić information content (AvgIpc) is 2.86. The molecule has 104 valence electrons. The molecule has 0 spiro atoms. The first kappa shape index (κ1) is 13.7. The number of aromatic nitrogens is 3. The molecule has 7 nitrogen and oxygen atoms in total. The van der Waals surface area contributed by atoms with E-state index in [4.69, 9.17) is 5.11 Å². The maximum atomic E-state index is 11.7. The Morgan fingerprint density at radius 3 is 2.60 bits per heavy atom. The number of hydrogen-bond acceptors (Lipinski definition) is 4. The van der Waals surface area contributed by atoms with Crippen LogP contribution in [-0.2, 0) is 6.54 Å². The number of aromatic carboxylic acids is 1. The number of rotatable bonds is 4. The minimum atomic E-state index is -1.01. The lowest BCUT2D eigenvalue weighted by Gasteiger charge is -2.07. The Balaban J connectivity index is 2.10. The van der Waals surface area contributed by atoms with Crippen LogP contribution in [0.1, 0.15) is 26.5 Å². The third kappa shape index (κ3) is 3.00. The van der Waals surface area contributed by atoms with Gasteiger partial charge in [-0.05, 0) is 18.2 Å². The topological polar surface area (TPSA) is 88.3 Å². The fourth-order valence-electron chi connectivity index (χ4n) is 1.60. The van der Waals surface area contributed by atoms with Crippen molar-refractivity contribution in [1.82, 2.24) is 19.7 Å². The number of carboxylic acids is 1. The number of pyridine rings is 1. The molecule has 2 heterocycles. The van der Waals surface area contributed by atoms with Gasteiger partial charge in [0.05, 0.1) is 17.8 Å². The Labute approximate surface area is 115 Å². The number of amides is 1. The molecule has 0 radical (unpaired) electrons. The van der Waals surface area contributed by atoms with Crippen molar-refractivity contribution >= 4 is 11.9 Å². The van der Waals surface area contributed by atoms with Crippen molar-refractivity contribution in [1.29, 1.82) is 0 Å². The first-order chi connectivity index (χ1) is 9.47. The molecular formula is C13H14N4O3. The predicted octanol–water partition coefficient (Wildman–Crippen LogP) is 0.726. The number of carbonyl (C=O) groups excluding carboxylic acids is 1. The van der Waals surface area contributed by atoms with Crippen LogP contribution in [0.2, 0.25) is 0 Å². The lowest BCUT2D eigenvalue weighted by Crippen LogP contribution is -2.22. The normalized spacial score (nSPS) is 10.3. The van der Waals surface area contributed by atoms with Crippen molar-refractivity contribution in [3.05, 3.63) is 47.5 Å². The first-order valence-corrected chi connectivity index (χ1v) is 5.90. The van der Waals surface area contributed by atoms with E-state index >= 15 is 0 Å². The van der Waals surface area contributed by atoms with E-state index in [9.17, 15) is 9.59 Å². The van der Waals surface area contributed by atoms with Crippen LogP contribution >= 0.6 is 0 Å². The second kappa shape index (κ2) is 5.52. The van der Waals surface area contributed by atoms with E-state index in [1.165, 1.54) is 17.2 Å². The summed E-state index contributed by atoms with van der Waals surface area (Å²) < 4.78 is 1.58. The zero-order valence-corrected chi connectivity index (χ0v) is 11.1. The van der Waals surface area contributed by atoms with Gasteiger partial charge in [0.1, 0.15) is 5.69 Å². The van der Waals surface area contributed by atoms with Crippen LogP contribution in [0.3, 0.4) is 0 Å². The SMILES string of the molecule is CN(C)C(=O)c1ccn(Cc2ccc(C(=O)O)cn2)n1. The fraction of sp³-hybridized carbons (Fsp3) is 0.231. The van der Waals surface area contributed by atoms with Crippen LogP contribution in [0.5, 0.6) is 0 Å². The molecule has 0 bridgehead atoms. The molecule has 2 aromatic heterocycles. The van der Waals surface area contributed by atoms with Crippen molar-refractivity contribution in [3.8, 4) is 0 Å². The molecule has 2 rings (SSSR count). The molecule has 7 heteroatoms. The predicted molar refractivity (Wildman–Crippen MR) is 70.5 cm³/mol. The Morgan fingerprint density at radius 2 is 2.05 bits per heavy atom. The summed E-state index contributed by atoms with van der Waals surface area (Å²) >= 11 is 0. The molecule has 0 aliphatic carbocycles. The van der Waals surface area contributed by atoms with Gasteiger partial charge < -0.3 is 10.0 Å². The van der Waals surface area contributed by atoms with Gasteiger partial charge >= 0.3 is 5.97 Å². The lowest BCUT2D eigenvalue weighted by atomic mass is 10.2. The molecule has 0 atom stereocenters. The van der Waals surface area contributed by atoms with Crippen LogP contribution in [0.15, 0.2) is 30.6 Å². The van der Waals surface area contributed by atoms with E-state index in [2.05, 4.69) is 10.1 Å². The smallest absolute Gasteiger partial charge is 0.337 e. The molecule has 20 heavy (non-hydrogen) atoms.